The lowest BCUT2D eigenvalue weighted by Gasteiger charge is -2.25. The lowest BCUT2D eigenvalue weighted by Crippen LogP contribution is -2.25. The van der Waals surface area contributed by atoms with Crippen molar-refractivity contribution in [2.24, 2.45) is 5.92 Å². The summed E-state index contributed by atoms with van der Waals surface area (Å²) in [6.07, 6.45) is 6.33. The molecule has 1 fully saturated rings. The van der Waals surface area contributed by atoms with E-state index < -0.39 is 5.97 Å². The number of hydrogen-bond acceptors (Lipinski definition) is 5. The Bertz CT molecular complexity index is 408. The van der Waals surface area contributed by atoms with E-state index in [0.29, 0.717) is 11.7 Å². The molecule has 2 unspecified atom stereocenters. The first-order chi connectivity index (χ1) is 8.65. The van der Waals surface area contributed by atoms with Gasteiger partial charge in [-0.3, -0.25) is 0 Å². The van der Waals surface area contributed by atoms with Crippen molar-refractivity contribution < 1.29 is 15.0 Å². The Morgan fingerprint density at radius 3 is 2.83 bits per heavy atom. The molecule has 0 aromatic carbocycles. The van der Waals surface area contributed by atoms with E-state index in [4.69, 9.17) is 5.11 Å². The van der Waals surface area contributed by atoms with E-state index in [1.54, 1.807) is 0 Å². The minimum Gasteiger partial charge on any atom is -0.476 e. The second-order valence-electron chi connectivity index (χ2n) is 4.66. The number of carboxylic acids is 1. The fourth-order valence-corrected chi connectivity index (χ4v) is 2.23. The number of hydrogen-bond donors (Lipinski definition) is 3. The molecule has 3 N–H and O–H groups in total. The molecule has 0 amide bonds. The van der Waals surface area contributed by atoms with E-state index in [1.807, 2.05) is 0 Å². The molecule has 0 spiro atoms. The van der Waals surface area contributed by atoms with Gasteiger partial charge >= 0.3 is 5.97 Å². The molecule has 1 aromatic rings. The van der Waals surface area contributed by atoms with Gasteiger partial charge in [0, 0.05) is 6.54 Å². The average molecular weight is 251 g/mol. The number of nitrogens with zero attached hydrogens (tertiary/aromatic N) is 2. The summed E-state index contributed by atoms with van der Waals surface area (Å²) in [4.78, 5) is 18.4. The normalized spacial score (nSPS) is 23.6. The maximum atomic E-state index is 10.6. The first kappa shape index (κ1) is 12.8. The highest BCUT2D eigenvalue weighted by atomic mass is 16.4. The van der Waals surface area contributed by atoms with Crippen LogP contribution in [0.5, 0.6) is 0 Å². The van der Waals surface area contributed by atoms with Gasteiger partial charge in [-0.1, -0.05) is 6.42 Å². The van der Waals surface area contributed by atoms with Crippen molar-refractivity contribution in [2.45, 2.75) is 31.8 Å². The molecule has 18 heavy (non-hydrogen) atoms. The van der Waals surface area contributed by atoms with Gasteiger partial charge in [0.25, 0.3) is 0 Å². The van der Waals surface area contributed by atoms with Crippen LogP contribution in [0.2, 0.25) is 0 Å². The van der Waals surface area contributed by atoms with E-state index in [1.165, 1.54) is 12.4 Å². The molecule has 98 valence electrons. The number of aromatic nitrogens is 2. The van der Waals surface area contributed by atoms with Gasteiger partial charge in [0.05, 0.1) is 18.5 Å². The van der Waals surface area contributed by atoms with Crippen LogP contribution in [0.1, 0.15) is 36.2 Å². The van der Waals surface area contributed by atoms with Crippen molar-refractivity contribution >= 4 is 11.8 Å². The zero-order valence-electron chi connectivity index (χ0n) is 10.0. The highest BCUT2D eigenvalue weighted by molar-refractivity contribution is 5.84. The Morgan fingerprint density at radius 2 is 2.22 bits per heavy atom. The predicted octanol–water partition coefficient (Wildman–Crippen LogP) is 1.14. The second kappa shape index (κ2) is 5.77. The summed E-state index contributed by atoms with van der Waals surface area (Å²) in [5.41, 5.74) is -0.0614. The molecule has 6 nitrogen and oxygen atoms in total. The largest absolute Gasteiger partial charge is 0.476 e. The summed E-state index contributed by atoms with van der Waals surface area (Å²) < 4.78 is 0. The number of aliphatic hydroxyl groups excluding tert-OH is 1. The van der Waals surface area contributed by atoms with Gasteiger partial charge in [0.15, 0.2) is 5.69 Å². The molecule has 0 radical (unpaired) electrons. The van der Waals surface area contributed by atoms with Crippen molar-refractivity contribution in [1.29, 1.82) is 0 Å². The molecule has 0 saturated heterocycles. The van der Waals surface area contributed by atoms with E-state index in [2.05, 4.69) is 15.3 Å². The van der Waals surface area contributed by atoms with Crippen LogP contribution in [-0.4, -0.2) is 38.8 Å². The van der Waals surface area contributed by atoms with Crippen molar-refractivity contribution in [1.82, 2.24) is 9.97 Å². The fourth-order valence-electron chi connectivity index (χ4n) is 2.23. The number of aliphatic hydroxyl groups is 1. The molecule has 2 rings (SSSR count). The Hall–Kier alpha value is -1.69. The van der Waals surface area contributed by atoms with Crippen molar-refractivity contribution in [3.05, 3.63) is 18.1 Å². The van der Waals surface area contributed by atoms with Gasteiger partial charge in [-0.2, -0.15) is 0 Å². The third-order valence-corrected chi connectivity index (χ3v) is 3.20. The highest BCUT2D eigenvalue weighted by Gasteiger charge is 2.19. The Kier molecular flexibility index (Phi) is 4.09. The van der Waals surface area contributed by atoms with Crippen LogP contribution in [0.25, 0.3) is 0 Å². The van der Waals surface area contributed by atoms with E-state index in [0.717, 1.165) is 32.2 Å². The van der Waals surface area contributed by atoms with Gasteiger partial charge in [0.1, 0.15) is 5.82 Å². The molecule has 6 heteroatoms. The average Bonchev–Trinajstić information content (AvgIpc) is 2.37. The summed E-state index contributed by atoms with van der Waals surface area (Å²) in [5.74, 6) is -0.0702. The van der Waals surface area contributed by atoms with Crippen LogP contribution in [0, 0.1) is 5.92 Å². The number of nitrogens with one attached hydrogen (secondary N) is 1. The first-order valence-corrected chi connectivity index (χ1v) is 6.12. The maximum Gasteiger partial charge on any atom is 0.356 e. The van der Waals surface area contributed by atoms with Crippen LogP contribution >= 0.6 is 0 Å². The van der Waals surface area contributed by atoms with Crippen LogP contribution < -0.4 is 5.32 Å². The second-order valence-corrected chi connectivity index (χ2v) is 4.66. The van der Waals surface area contributed by atoms with E-state index >= 15 is 0 Å². The van der Waals surface area contributed by atoms with Gasteiger partial charge in [-0.05, 0) is 25.2 Å². The Balaban J connectivity index is 1.84. The molecular formula is C12H17N3O3. The minimum atomic E-state index is -1.08. The third-order valence-electron chi connectivity index (χ3n) is 3.20. The molecule has 1 aliphatic rings. The molecule has 1 saturated carbocycles. The number of aromatic carboxylic acids is 1. The molecule has 1 heterocycles. The number of carbonyl (C=O) groups is 1. The fraction of sp³-hybridized carbons (Fsp3) is 0.583. The number of anilines is 1. The van der Waals surface area contributed by atoms with Crippen LogP contribution in [0.3, 0.4) is 0 Å². The lowest BCUT2D eigenvalue weighted by atomic mass is 9.87. The molecule has 0 aliphatic heterocycles. The van der Waals surface area contributed by atoms with E-state index in [-0.39, 0.29) is 11.8 Å². The maximum absolute atomic E-state index is 10.6. The third kappa shape index (κ3) is 3.40. The molecule has 0 bridgehead atoms. The smallest absolute Gasteiger partial charge is 0.356 e. The summed E-state index contributed by atoms with van der Waals surface area (Å²) in [5, 5.41) is 21.4. The minimum absolute atomic E-state index is 0.0614. The zero-order chi connectivity index (χ0) is 13.0. The molecule has 1 aromatic heterocycles. The summed E-state index contributed by atoms with van der Waals surface area (Å²) >= 11 is 0. The van der Waals surface area contributed by atoms with Crippen molar-refractivity contribution in [2.75, 3.05) is 11.9 Å². The van der Waals surface area contributed by atoms with Crippen LogP contribution in [0.4, 0.5) is 5.82 Å². The highest BCUT2D eigenvalue weighted by Crippen LogP contribution is 2.24. The zero-order valence-corrected chi connectivity index (χ0v) is 10.0. The van der Waals surface area contributed by atoms with E-state index in [9.17, 15) is 9.90 Å². The monoisotopic (exact) mass is 251 g/mol. The molecular weight excluding hydrogens is 234 g/mol. The lowest BCUT2D eigenvalue weighted by molar-refractivity contribution is 0.0690. The summed E-state index contributed by atoms with van der Waals surface area (Å²) in [7, 11) is 0. The summed E-state index contributed by atoms with van der Waals surface area (Å²) in [6, 6.07) is 0. The molecule has 1 aliphatic carbocycles. The topological polar surface area (TPSA) is 95.3 Å². The van der Waals surface area contributed by atoms with Gasteiger partial charge in [-0.15, -0.1) is 0 Å². The number of carboxylic acid groups (broad SMARTS) is 1. The molecule has 2 atom stereocenters. The van der Waals surface area contributed by atoms with Gasteiger partial charge < -0.3 is 15.5 Å². The first-order valence-electron chi connectivity index (χ1n) is 6.12. The van der Waals surface area contributed by atoms with Crippen molar-refractivity contribution in [3.63, 3.8) is 0 Å². The van der Waals surface area contributed by atoms with Crippen molar-refractivity contribution in [3.8, 4) is 0 Å². The Labute approximate surface area is 105 Å². The van der Waals surface area contributed by atoms with Crippen LogP contribution in [0.15, 0.2) is 12.4 Å². The Morgan fingerprint density at radius 1 is 1.39 bits per heavy atom. The summed E-state index contributed by atoms with van der Waals surface area (Å²) in [6.45, 7) is 0.734. The quantitative estimate of drug-likeness (QED) is 0.742. The van der Waals surface area contributed by atoms with Gasteiger partial charge in [0.2, 0.25) is 0 Å². The SMILES string of the molecule is O=C(O)c1cnc(NCC2CCCC(O)C2)cn1. The van der Waals surface area contributed by atoms with Crippen LogP contribution in [-0.2, 0) is 0 Å². The van der Waals surface area contributed by atoms with Gasteiger partial charge in [-0.25, -0.2) is 14.8 Å². The predicted molar refractivity (Wildman–Crippen MR) is 65.4 cm³/mol. The number of rotatable bonds is 4. The standard InChI is InChI=1S/C12H17N3O3/c16-9-3-1-2-8(4-9)5-14-11-7-13-10(6-15-11)12(17)18/h6-9,16H,1-5H2,(H,14,15)(H,17,18).